The summed E-state index contributed by atoms with van der Waals surface area (Å²) in [6.45, 7) is 3.07. The van der Waals surface area contributed by atoms with Gasteiger partial charge in [-0.2, -0.15) is 10.4 Å². The van der Waals surface area contributed by atoms with Gasteiger partial charge >= 0.3 is 0 Å². The second-order valence-electron chi connectivity index (χ2n) is 5.60. The van der Waals surface area contributed by atoms with Gasteiger partial charge in [-0.15, -0.1) is 0 Å². The van der Waals surface area contributed by atoms with Crippen LogP contribution in [0.3, 0.4) is 0 Å². The lowest BCUT2D eigenvalue weighted by molar-refractivity contribution is 0.0284. The number of hydrogen-bond donors (Lipinski definition) is 1. The van der Waals surface area contributed by atoms with E-state index in [0.717, 1.165) is 0 Å². The summed E-state index contributed by atoms with van der Waals surface area (Å²) in [7, 11) is 1.65. The summed E-state index contributed by atoms with van der Waals surface area (Å²) in [6, 6.07) is 3.21. The van der Waals surface area contributed by atoms with Gasteiger partial charge < -0.3 is 9.84 Å². The summed E-state index contributed by atoms with van der Waals surface area (Å²) in [6.07, 6.45) is 1.56. The van der Waals surface area contributed by atoms with Gasteiger partial charge in [0.2, 0.25) is 0 Å². The molecule has 0 fully saturated rings. The van der Waals surface area contributed by atoms with Crippen LogP contribution < -0.4 is 4.74 Å². The smallest absolute Gasteiger partial charge is 0.152 e. The van der Waals surface area contributed by atoms with Crippen molar-refractivity contribution in [3.63, 3.8) is 0 Å². The Hall–Kier alpha value is -1.37. The largest absolute Gasteiger partial charge is 0.489 e. The predicted molar refractivity (Wildman–Crippen MR) is 92.8 cm³/mol. The van der Waals surface area contributed by atoms with Crippen molar-refractivity contribution in [3.05, 3.63) is 32.2 Å². The van der Waals surface area contributed by atoms with E-state index in [1.165, 1.54) is 10.7 Å². The Labute approximate surface area is 151 Å². The maximum Gasteiger partial charge on any atom is 0.152 e. The fourth-order valence-electron chi connectivity index (χ4n) is 2.00. The van der Waals surface area contributed by atoms with E-state index in [0.29, 0.717) is 9.26 Å². The van der Waals surface area contributed by atoms with Crippen LogP contribution >= 0.6 is 34.2 Å². The molecule has 0 saturated carbocycles. The van der Waals surface area contributed by atoms with Crippen molar-refractivity contribution in [2.75, 3.05) is 6.61 Å². The van der Waals surface area contributed by atoms with E-state index in [1.807, 2.05) is 28.7 Å². The van der Waals surface area contributed by atoms with Gasteiger partial charge in [0.15, 0.2) is 5.82 Å². The number of rotatable bonds is 4. The molecular weight excluding hydrogens is 436 g/mol. The Balaban J connectivity index is 2.67. The molecule has 8 heteroatoms. The maximum atomic E-state index is 14.6. The molecule has 1 aromatic heterocycles. The van der Waals surface area contributed by atoms with Crippen molar-refractivity contribution in [1.29, 1.82) is 5.26 Å². The molecule has 122 valence electrons. The molecule has 1 heterocycles. The van der Waals surface area contributed by atoms with E-state index in [9.17, 15) is 14.8 Å². The minimum atomic E-state index is -1.10. The first kappa shape index (κ1) is 18.0. The molecule has 0 amide bonds. The molecule has 0 aliphatic heterocycles. The van der Waals surface area contributed by atoms with Crippen LogP contribution in [-0.2, 0) is 7.05 Å². The number of ether oxygens (including phenoxy) is 1. The summed E-state index contributed by atoms with van der Waals surface area (Å²) < 4.78 is 22.2. The third-order valence-corrected chi connectivity index (χ3v) is 4.07. The van der Waals surface area contributed by atoms with Gasteiger partial charge in [-0.05, 0) is 36.4 Å². The van der Waals surface area contributed by atoms with Crippen molar-refractivity contribution in [1.82, 2.24) is 9.78 Å². The molecule has 1 aromatic carbocycles. The third-order valence-electron chi connectivity index (χ3n) is 3.01. The normalized spacial score (nSPS) is 11.4. The Morgan fingerprint density at radius 1 is 1.57 bits per heavy atom. The first-order valence-corrected chi connectivity index (χ1v) is 8.06. The van der Waals surface area contributed by atoms with Gasteiger partial charge in [0.1, 0.15) is 24.0 Å². The average molecular weight is 450 g/mol. The Morgan fingerprint density at radius 3 is 2.70 bits per heavy atom. The lowest BCUT2D eigenvalue weighted by Crippen LogP contribution is -2.28. The Kier molecular flexibility index (Phi) is 5.18. The van der Waals surface area contributed by atoms with Crippen molar-refractivity contribution < 1.29 is 14.2 Å². The second kappa shape index (κ2) is 6.63. The number of aryl methyl sites for hydroxylation is 1. The molecular formula is C15H14ClFIN3O2. The number of halogens is 3. The highest BCUT2D eigenvalue weighted by Gasteiger charge is 2.25. The zero-order chi connectivity index (χ0) is 17.4. The van der Waals surface area contributed by atoms with E-state index in [-0.39, 0.29) is 28.5 Å². The monoisotopic (exact) mass is 449 g/mol. The first-order valence-electron chi connectivity index (χ1n) is 6.61. The molecule has 0 saturated heterocycles. The lowest BCUT2D eigenvalue weighted by atomic mass is 10.0. The first-order chi connectivity index (χ1) is 10.7. The van der Waals surface area contributed by atoms with Gasteiger partial charge in [-0.1, -0.05) is 11.6 Å². The predicted octanol–water partition coefficient (Wildman–Crippen LogP) is 3.51. The Morgan fingerprint density at radius 2 is 2.22 bits per heavy atom. The molecule has 0 spiro atoms. The molecule has 0 aliphatic carbocycles. The van der Waals surface area contributed by atoms with Gasteiger partial charge in [0.25, 0.3) is 0 Å². The number of aliphatic hydroxyl groups is 1. The fourth-order valence-corrected chi connectivity index (χ4v) is 2.93. The van der Waals surface area contributed by atoms with E-state index < -0.39 is 11.4 Å². The summed E-state index contributed by atoms with van der Waals surface area (Å²) >= 11 is 7.97. The molecule has 0 atom stereocenters. The number of benzene rings is 1. The van der Waals surface area contributed by atoms with Crippen molar-refractivity contribution >= 4 is 34.2 Å². The van der Waals surface area contributed by atoms with Crippen LogP contribution in [0.1, 0.15) is 19.4 Å². The highest BCUT2D eigenvalue weighted by molar-refractivity contribution is 14.1. The van der Waals surface area contributed by atoms with E-state index in [1.54, 1.807) is 27.1 Å². The molecule has 0 bridgehead atoms. The summed E-state index contributed by atoms with van der Waals surface area (Å²) in [5.41, 5.74) is -0.614. The molecule has 23 heavy (non-hydrogen) atoms. The number of hydrogen-bond acceptors (Lipinski definition) is 4. The van der Waals surface area contributed by atoms with Crippen molar-refractivity contribution in [2.45, 2.75) is 19.4 Å². The fraction of sp³-hybridized carbons (Fsp3) is 0.333. The van der Waals surface area contributed by atoms with Crippen LogP contribution in [0.25, 0.3) is 11.3 Å². The van der Waals surface area contributed by atoms with Gasteiger partial charge in [0, 0.05) is 13.1 Å². The summed E-state index contributed by atoms with van der Waals surface area (Å²) in [4.78, 5) is 0. The second-order valence-corrected chi connectivity index (χ2v) is 7.17. The summed E-state index contributed by atoms with van der Waals surface area (Å²) in [5.74, 6) is -0.589. The quantitative estimate of drug-likeness (QED) is 0.725. The van der Waals surface area contributed by atoms with Crippen molar-refractivity contribution in [2.24, 2.45) is 7.05 Å². The third kappa shape index (κ3) is 3.76. The van der Waals surface area contributed by atoms with Crippen LogP contribution in [0.2, 0.25) is 5.02 Å². The number of nitrogens with zero attached hydrogens (tertiary/aromatic N) is 3. The Bertz CT molecular complexity index is 774. The molecule has 2 rings (SSSR count). The lowest BCUT2D eigenvalue weighted by Gasteiger charge is -2.20. The molecule has 0 unspecified atom stereocenters. The van der Waals surface area contributed by atoms with Crippen LogP contribution in [0, 0.1) is 20.7 Å². The SMILES string of the molecule is Cn1ncc(I)c1-c1c(F)c(Cl)cc(OCC(C)(C)O)c1C#N. The zero-order valence-electron chi connectivity index (χ0n) is 12.7. The standard InChI is InChI=1S/C15H14ClFIN3O2/c1-15(2,22)7-23-11-4-9(16)13(17)12(8(11)5-19)14-10(18)6-20-21(14)3/h4,6,22H,7H2,1-3H3. The van der Waals surface area contributed by atoms with Gasteiger partial charge in [-0.3, -0.25) is 4.68 Å². The molecule has 2 aromatic rings. The molecule has 0 radical (unpaired) electrons. The van der Waals surface area contributed by atoms with E-state index in [4.69, 9.17) is 16.3 Å². The zero-order valence-corrected chi connectivity index (χ0v) is 15.6. The highest BCUT2D eigenvalue weighted by atomic mass is 127. The molecule has 0 aliphatic rings. The van der Waals surface area contributed by atoms with Crippen molar-refractivity contribution in [3.8, 4) is 23.1 Å². The maximum absolute atomic E-state index is 14.6. The van der Waals surface area contributed by atoms with Crippen LogP contribution in [-0.4, -0.2) is 27.1 Å². The van der Waals surface area contributed by atoms with Gasteiger partial charge in [0.05, 0.1) is 31.6 Å². The molecule has 1 N–H and O–H groups in total. The molecule has 5 nitrogen and oxygen atoms in total. The minimum absolute atomic E-state index is 0.0117. The summed E-state index contributed by atoms with van der Waals surface area (Å²) in [5, 5.41) is 23.2. The minimum Gasteiger partial charge on any atom is -0.489 e. The van der Waals surface area contributed by atoms with E-state index in [2.05, 4.69) is 5.10 Å². The topological polar surface area (TPSA) is 71.1 Å². The highest BCUT2D eigenvalue weighted by Crippen LogP contribution is 2.38. The average Bonchev–Trinajstić information content (AvgIpc) is 2.78. The van der Waals surface area contributed by atoms with Crippen LogP contribution in [0.15, 0.2) is 12.3 Å². The van der Waals surface area contributed by atoms with Crippen LogP contribution in [0.4, 0.5) is 4.39 Å². The number of nitriles is 1. The van der Waals surface area contributed by atoms with Gasteiger partial charge in [-0.25, -0.2) is 4.39 Å². The van der Waals surface area contributed by atoms with E-state index >= 15 is 0 Å². The van der Waals surface area contributed by atoms with Crippen LogP contribution in [0.5, 0.6) is 5.75 Å². The number of aromatic nitrogens is 2.